The fraction of sp³-hybridized carbons (Fsp3) is 1.00. The third-order valence-corrected chi connectivity index (χ3v) is 5.95. The molecule has 1 saturated heterocycles. The Morgan fingerprint density at radius 3 is 2.53 bits per heavy atom. The predicted molar refractivity (Wildman–Crippen MR) is 68.8 cm³/mol. The van der Waals surface area contributed by atoms with Gasteiger partial charge in [-0.25, -0.2) is 8.42 Å². The molecule has 102 valence electrons. The molecule has 17 heavy (non-hydrogen) atoms. The summed E-state index contributed by atoms with van der Waals surface area (Å²) in [6, 6.07) is 0.0474. The summed E-state index contributed by atoms with van der Waals surface area (Å²) in [7, 11) is 0.724. The Balaban J connectivity index is 2.84. The number of methoxy groups -OCH3 is 1. The minimum Gasteiger partial charge on any atom is -0.380 e. The Kier molecular flexibility index (Phi) is 4.57. The molecule has 0 saturated carbocycles. The first-order valence-corrected chi connectivity index (χ1v) is 7.75. The zero-order valence-corrected chi connectivity index (χ0v) is 12.0. The molecule has 1 aliphatic heterocycles. The normalized spacial score (nSPS) is 29.2. The Bertz CT molecular complexity index is 358. The van der Waals surface area contributed by atoms with Crippen molar-refractivity contribution < 1.29 is 13.2 Å². The molecule has 1 aliphatic rings. The minimum absolute atomic E-state index is 0.0409. The second-order valence-electron chi connectivity index (χ2n) is 5.11. The van der Waals surface area contributed by atoms with Gasteiger partial charge in [0, 0.05) is 19.7 Å². The summed E-state index contributed by atoms with van der Waals surface area (Å²) in [5.41, 5.74) is 5.51. The van der Waals surface area contributed by atoms with Crippen LogP contribution < -0.4 is 5.73 Å². The number of hydrogen-bond donors (Lipinski definition) is 1. The quantitative estimate of drug-likeness (QED) is 0.748. The summed E-state index contributed by atoms with van der Waals surface area (Å²) in [4.78, 5) is 2.08. The fourth-order valence-electron chi connectivity index (χ4n) is 2.35. The van der Waals surface area contributed by atoms with Gasteiger partial charge in [0.2, 0.25) is 0 Å². The standard InChI is InChI=1S/C11H24N2O3S/c1-9(16-4)11(2,8-12)13(3)10-5-6-17(14,15)7-10/h9-10H,5-8,12H2,1-4H3. The number of sulfone groups is 1. The molecule has 0 aromatic rings. The van der Waals surface area contributed by atoms with E-state index in [0.29, 0.717) is 13.0 Å². The van der Waals surface area contributed by atoms with Gasteiger partial charge in [-0.3, -0.25) is 4.90 Å². The van der Waals surface area contributed by atoms with Crippen LogP contribution in [0.15, 0.2) is 0 Å². The van der Waals surface area contributed by atoms with Crippen molar-refractivity contribution in [3.05, 3.63) is 0 Å². The van der Waals surface area contributed by atoms with Gasteiger partial charge in [-0.05, 0) is 27.3 Å². The van der Waals surface area contributed by atoms with Gasteiger partial charge < -0.3 is 10.5 Å². The molecule has 1 heterocycles. The van der Waals surface area contributed by atoms with Crippen molar-refractivity contribution in [1.29, 1.82) is 0 Å². The van der Waals surface area contributed by atoms with E-state index in [1.807, 2.05) is 20.9 Å². The average molecular weight is 264 g/mol. The highest BCUT2D eigenvalue weighted by Crippen LogP contribution is 2.26. The van der Waals surface area contributed by atoms with Crippen molar-refractivity contribution in [1.82, 2.24) is 4.90 Å². The Morgan fingerprint density at radius 1 is 1.59 bits per heavy atom. The van der Waals surface area contributed by atoms with E-state index in [-0.39, 0.29) is 29.2 Å². The molecular formula is C11H24N2O3S. The molecule has 3 unspecified atom stereocenters. The van der Waals surface area contributed by atoms with Crippen LogP contribution in [0.2, 0.25) is 0 Å². The molecule has 0 aromatic heterocycles. The van der Waals surface area contributed by atoms with Gasteiger partial charge in [0.1, 0.15) is 0 Å². The van der Waals surface area contributed by atoms with Crippen LogP contribution in [-0.2, 0) is 14.6 Å². The van der Waals surface area contributed by atoms with Crippen LogP contribution in [0.25, 0.3) is 0 Å². The maximum absolute atomic E-state index is 11.5. The van der Waals surface area contributed by atoms with Crippen LogP contribution in [0, 0.1) is 0 Å². The zero-order chi connectivity index (χ0) is 13.3. The number of ether oxygens (including phenoxy) is 1. The molecular weight excluding hydrogens is 240 g/mol. The number of hydrogen-bond acceptors (Lipinski definition) is 5. The fourth-order valence-corrected chi connectivity index (χ4v) is 4.12. The van der Waals surface area contributed by atoms with Crippen molar-refractivity contribution in [2.45, 2.75) is 38.0 Å². The number of nitrogens with zero attached hydrogens (tertiary/aromatic N) is 1. The maximum atomic E-state index is 11.5. The minimum atomic E-state index is -2.86. The highest BCUT2D eigenvalue weighted by molar-refractivity contribution is 7.91. The highest BCUT2D eigenvalue weighted by Gasteiger charge is 2.41. The van der Waals surface area contributed by atoms with Crippen molar-refractivity contribution in [2.75, 3.05) is 32.2 Å². The smallest absolute Gasteiger partial charge is 0.151 e. The topological polar surface area (TPSA) is 72.6 Å². The molecule has 1 rings (SSSR count). The molecule has 0 radical (unpaired) electrons. The lowest BCUT2D eigenvalue weighted by molar-refractivity contribution is -0.0334. The summed E-state index contributed by atoms with van der Waals surface area (Å²) in [5.74, 6) is 0.513. The summed E-state index contributed by atoms with van der Waals surface area (Å²) in [6.45, 7) is 4.42. The third-order valence-electron chi connectivity index (χ3n) is 4.20. The van der Waals surface area contributed by atoms with Crippen LogP contribution in [0.4, 0.5) is 0 Å². The Hall–Kier alpha value is -0.170. The zero-order valence-electron chi connectivity index (χ0n) is 11.1. The third kappa shape index (κ3) is 2.99. The van der Waals surface area contributed by atoms with Crippen LogP contribution in [0.5, 0.6) is 0 Å². The van der Waals surface area contributed by atoms with Gasteiger partial charge in [0.15, 0.2) is 9.84 Å². The molecule has 6 heteroatoms. The molecule has 0 amide bonds. The van der Waals surface area contributed by atoms with Gasteiger partial charge in [-0.1, -0.05) is 0 Å². The van der Waals surface area contributed by atoms with E-state index in [4.69, 9.17) is 10.5 Å². The first-order valence-electron chi connectivity index (χ1n) is 5.93. The van der Waals surface area contributed by atoms with Gasteiger partial charge in [0.05, 0.1) is 23.1 Å². The number of likely N-dealkylation sites (N-methyl/N-ethyl adjacent to an activating group) is 1. The molecule has 0 aromatic carbocycles. The van der Waals surface area contributed by atoms with Crippen molar-refractivity contribution in [3.8, 4) is 0 Å². The number of nitrogens with two attached hydrogens (primary N) is 1. The average Bonchev–Trinajstić information content (AvgIpc) is 2.66. The highest BCUT2D eigenvalue weighted by atomic mass is 32.2. The van der Waals surface area contributed by atoms with E-state index in [1.54, 1.807) is 7.11 Å². The van der Waals surface area contributed by atoms with Gasteiger partial charge in [0.25, 0.3) is 0 Å². The van der Waals surface area contributed by atoms with Crippen LogP contribution in [0.3, 0.4) is 0 Å². The molecule has 3 atom stereocenters. The van der Waals surface area contributed by atoms with E-state index in [1.165, 1.54) is 0 Å². The SMILES string of the molecule is COC(C)C(C)(CN)N(C)C1CCS(=O)(=O)C1. The Labute approximate surface area is 104 Å². The summed E-state index contributed by atoms with van der Waals surface area (Å²) in [5, 5.41) is 0. The second-order valence-corrected chi connectivity index (χ2v) is 7.34. The molecule has 1 fully saturated rings. The van der Waals surface area contributed by atoms with Crippen molar-refractivity contribution in [2.24, 2.45) is 5.73 Å². The van der Waals surface area contributed by atoms with E-state index in [0.717, 1.165) is 0 Å². The number of rotatable bonds is 5. The van der Waals surface area contributed by atoms with Crippen molar-refractivity contribution >= 4 is 9.84 Å². The molecule has 5 nitrogen and oxygen atoms in total. The first-order chi connectivity index (χ1) is 7.77. The van der Waals surface area contributed by atoms with E-state index in [2.05, 4.69) is 4.90 Å². The lowest BCUT2D eigenvalue weighted by Gasteiger charge is -2.44. The Morgan fingerprint density at radius 2 is 2.18 bits per heavy atom. The van der Waals surface area contributed by atoms with Crippen molar-refractivity contribution in [3.63, 3.8) is 0 Å². The maximum Gasteiger partial charge on any atom is 0.151 e. The lowest BCUT2D eigenvalue weighted by atomic mass is 9.92. The molecule has 0 bridgehead atoms. The summed E-state index contributed by atoms with van der Waals surface area (Å²) >= 11 is 0. The largest absolute Gasteiger partial charge is 0.380 e. The molecule has 0 spiro atoms. The van der Waals surface area contributed by atoms with E-state index < -0.39 is 9.84 Å². The predicted octanol–water partition coefficient (Wildman–Crippen LogP) is -0.142. The van der Waals surface area contributed by atoms with Crippen LogP contribution >= 0.6 is 0 Å². The lowest BCUT2D eigenvalue weighted by Crippen LogP contribution is -2.60. The van der Waals surface area contributed by atoms with Gasteiger partial charge >= 0.3 is 0 Å². The monoisotopic (exact) mass is 264 g/mol. The summed E-state index contributed by atoms with van der Waals surface area (Å²) < 4.78 is 28.4. The molecule has 0 aliphatic carbocycles. The van der Waals surface area contributed by atoms with Crippen LogP contribution in [0.1, 0.15) is 20.3 Å². The second kappa shape index (κ2) is 5.22. The van der Waals surface area contributed by atoms with Gasteiger partial charge in [-0.15, -0.1) is 0 Å². The van der Waals surface area contributed by atoms with E-state index in [9.17, 15) is 8.42 Å². The summed E-state index contributed by atoms with van der Waals surface area (Å²) in [6.07, 6.45) is 0.644. The first kappa shape index (κ1) is 14.9. The van der Waals surface area contributed by atoms with E-state index >= 15 is 0 Å². The van der Waals surface area contributed by atoms with Gasteiger partial charge in [-0.2, -0.15) is 0 Å². The van der Waals surface area contributed by atoms with Crippen LogP contribution in [-0.4, -0.2) is 63.2 Å². The molecule has 2 N–H and O–H groups in total.